The minimum absolute atomic E-state index is 0.0411. The molecular weight excluding hydrogens is 617 g/mol. The number of anilines is 1. The van der Waals surface area contributed by atoms with Crippen molar-refractivity contribution in [2.45, 2.75) is 31.0 Å². The van der Waals surface area contributed by atoms with Crippen LogP contribution in [0.2, 0.25) is 0 Å². The number of nitrogens with zero attached hydrogens (tertiary/aromatic N) is 1. The zero-order chi connectivity index (χ0) is 33.2. The molecule has 0 spiro atoms. The highest BCUT2D eigenvalue weighted by atomic mass is 32.2. The maximum atomic E-state index is 13.9. The normalized spacial score (nSPS) is 11.7. The van der Waals surface area contributed by atoms with Crippen LogP contribution in [0.4, 0.5) is 10.1 Å². The van der Waals surface area contributed by atoms with Crippen LogP contribution < -0.4 is 14.8 Å². The number of aryl methyl sites for hydroxylation is 1. The van der Waals surface area contributed by atoms with E-state index in [9.17, 15) is 22.4 Å². The summed E-state index contributed by atoms with van der Waals surface area (Å²) in [5.41, 5.74) is 3.72. The van der Waals surface area contributed by atoms with Crippen LogP contribution in [0.3, 0.4) is 0 Å². The minimum atomic E-state index is -3.95. The standard InChI is InChI=1S/C37H34FN3O5S/c1-27-12-14-28(15-13-27)24-39-37(43)36(30-10-6-3-7-11-30)41(25-29-8-4-2-5-9-29)35(42)26-46-33-20-22-34(23-21-33)47(44,45)40-32-18-16-31(38)17-19-32/h2-23,36,40H,24-26H2,1H3,(H,39,43)/t36-/m0/s1. The highest BCUT2D eigenvalue weighted by Gasteiger charge is 2.32. The number of halogens is 1. The van der Waals surface area contributed by atoms with Crippen molar-refractivity contribution < 1.29 is 27.1 Å². The number of hydrogen-bond donors (Lipinski definition) is 2. The van der Waals surface area contributed by atoms with Crippen LogP contribution in [0.15, 0.2) is 138 Å². The highest BCUT2D eigenvalue weighted by Crippen LogP contribution is 2.25. The van der Waals surface area contributed by atoms with Gasteiger partial charge in [-0.2, -0.15) is 0 Å². The van der Waals surface area contributed by atoms with Gasteiger partial charge in [-0.1, -0.05) is 90.5 Å². The van der Waals surface area contributed by atoms with Crippen LogP contribution in [-0.2, 0) is 32.7 Å². The lowest BCUT2D eigenvalue weighted by Crippen LogP contribution is -2.45. The zero-order valence-electron chi connectivity index (χ0n) is 25.7. The molecule has 5 rings (SSSR count). The molecule has 0 unspecified atom stereocenters. The summed E-state index contributed by atoms with van der Waals surface area (Å²) >= 11 is 0. The maximum Gasteiger partial charge on any atom is 0.261 e. The molecule has 2 N–H and O–H groups in total. The molecule has 5 aromatic rings. The summed E-state index contributed by atoms with van der Waals surface area (Å²) in [6, 6.07) is 35.9. The summed E-state index contributed by atoms with van der Waals surface area (Å²) < 4.78 is 47.1. The Labute approximate surface area is 273 Å². The zero-order valence-corrected chi connectivity index (χ0v) is 26.5. The van der Waals surface area contributed by atoms with Gasteiger partial charge < -0.3 is 15.0 Å². The highest BCUT2D eigenvalue weighted by molar-refractivity contribution is 7.92. The van der Waals surface area contributed by atoms with Gasteiger partial charge in [0, 0.05) is 18.8 Å². The predicted octanol–water partition coefficient (Wildman–Crippen LogP) is 6.40. The van der Waals surface area contributed by atoms with Crippen LogP contribution in [0.25, 0.3) is 0 Å². The van der Waals surface area contributed by atoms with E-state index in [0.717, 1.165) is 28.8 Å². The molecule has 0 saturated heterocycles. The fourth-order valence-corrected chi connectivity index (χ4v) is 5.94. The lowest BCUT2D eigenvalue weighted by atomic mass is 10.0. The molecule has 8 nitrogen and oxygen atoms in total. The van der Waals surface area contributed by atoms with Crippen molar-refractivity contribution in [3.8, 4) is 5.75 Å². The fourth-order valence-electron chi connectivity index (χ4n) is 4.88. The van der Waals surface area contributed by atoms with Crippen molar-refractivity contribution in [3.05, 3.63) is 162 Å². The van der Waals surface area contributed by atoms with E-state index in [2.05, 4.69) is 10.0 Å². The van der Waals surface area contributed by atoms with E-state index in [0.29, 0.717) is 5.56 Å². The van der Waals surface area contributed by atoms with Gasteiger partial charge in [-0.15, -0.1) is 0 Å². The molecule has 0 fully saturated rings. The molecule has 0 heterocycles. The van der Waals surface area contributed by atoms with Crippen molar-refractivity contribution in [3.63, 3.8) is 0 Å². The molecule has 0 aromatic heterocycles. The summed E-state index contributed by atoms with van der Waals surface area (Å²) in [5.74, 6) is -1.00. The van der Waals surface area contributed by atoms with E-state index in [-0.39, 0.29) is 35.3 Å². The number of hydrogen-bond acceptors (Lipinski definition) is 5. The molecule has 0 radical (unpaired) electrons. The average Bonchev–Trinajstić information content (AvgIpc) is 3.09. The number of benzene rings is 5. The Kier molecular flexibility index (Phi) is 10.6. The molecule has 5 aromatic carbocycles. The Morgan fingerprint density at radius 1 is 0.766 bits per heavy atom. The summed E-state index contributed by atoms with van der Waals surface area (Å²) in [6.45, 7) is 2.03. The van der Waals surface area contributed by atoms with Crippen LogP contribution >= 0.6 is 0 Å². The Morgan fingerprint density at radius 2 is 1.38 bits per heavy atom. The molecule has 0 aliphatic rings. The quantitative estimate of drug-likeness (QED) is 0.153. The van der Waals surface area contributed by atoms with Crippen LogP contribution in [0, 0.1) is 12.7 Å². The number of rotatable bonds is 13. The van der Waals surface area contributed by atoms with Crippen molar-refractivity contribution in [2.24, 2.45) is 0 Å². The van der Waals surface area contributed by atoms with E-state index in [1.54, 1.807) is 12.1 Å². The summed E-state index contributed by atoms with van der Waals surface area (Å²) in [7, 11) is -3.95. The van der Waals surface area contributed by atoms with Crippen molar-refractivity contribution in [1.29, 1.82) is 0 Å². The SMILES string of the molecule is Cc1ccc(CNC(=O)[C@H](c2ccccc2)N(Cc2ccccc2)C(=O)COc2ccc(S(=O)(=O)Nc3ccc(F)cc3)cc2)cc1. The van der Waals surface area contributed by atoms with E-state index in [4.69, 9.17) is 4.74 Å². The molecule has 0 aliphatic heterocycles. The predicted molar refractivity (Wildman–Crippen MR) is 178 cm³/mol. The topological polar surface area (TPSA) is 105 Å². The molecule has 0 aliphatic carbocycles. The maximum absolute atomic E-state index is 13.9. The van der Waals surface area contributed by atoms with Crippen LogP contribution in [-0.4, -0.2) is 31.7 Å². The lowest BCUT2D eigenvalue weighted by Gasteiger charge is -2.31. The molecule has 10 heteroatoms. The largest absolute Gasteiger partial charge is 0.484 e. The van der Waals surface area contributed by atoms with Crippen LogP contribution in [0.5, 0.6) is 5.75 Å². The van der Waals surface area contributed by atoms with Crippen molar-refractivity contribution in [1.82, 2.24) is 10.2 Å². The first-order valence-corrected chi connectivity index (χ1v) is 16.4. The number of carbonyl (C=O) groups excluding carboxylic acids is 2. The number of amides is 2. The van der Waals surface area contributed by atoms with Gasteiger partial charge in [0.05, 0.1) is 4.90 Å². The molecule has 0 saturated carbocycles. The third-order valence-corrected chi connectivity index (χ3v) is 8.77. The van der Waals surface area contributed by atoms with Gasteiger partial charge in [0.1, 0.15) is 17.6 Å². The van der Waals surface area contributed by atoms with E-state index in [1.807, 2.05) is 79.7 Å². The third kappa shape index (κ3) is 9.05. The average molecular weight is 652 g/mol. The molecule has 1 atom stereocenters. The van der Waals surface area contributed by atoms with E-state index in [1.165, 1.54) is 41.3 Å². The fraction of sp³-hybridized carbons (Fsp3) is 0.135. The number of sulfonamides is 1. The number of nitrogens with one attached hydrogen (secondary N) is 2. The van der Waals surface area contributed by atoms with Gasteiger partial charge in [0.15, 0.2) is 6.61 Å². The summed E-state index contributed by atoms with van der Waals surface area (Å²) in [5, 5.41) is 3.00. The summed E-state index contributed by atoms with van der Waals surface area (Å²) in [4.78, 5) is 29.2. The Balaban J connectivity index is 1.34. The molecular formula is C37H34FN3O5S. The van der Waals surface area contributed by atoms with Crippen molar-refractivity contribution in [2.75, 3.05) is 11.3 Å². The first-order valence-electron chi connectivity index (χ1n) is 14.9. The van der Waals surface area contributed by atoms with Gasteiger partial charge >= 0.3 is 0 Å². The number of ether oxygens (including phenoxy) is 1. The molecule has 0 bridgehead atoms. The molecule has 240 valence electrons. The Morgan fingerprint density at radius 3 is 2.02 bits per heavy atom. The minimum Gasteiger partial charge on any atom is -0.484 e. The van der Waals surface area contributed by atoms with E-state index < -0.39 is 34.4 Å². The van der Waals surface area contributed by atoms with Crippen LogP contribution in [0.1, 0.15) is 28.3 Å². The van der Waals surface area contributed by atoms with Gasteiger partial charge in [0.25, 0.3) is 15.9 Å². The van der Waals surface area contributed by atoms with E-state index >= 15 is 0 Å². The first-order chi connectivity index (χ1) is 22.7. The monoisotopic (exact) mass is 651 g/mol. The Hall–Kier alpha value is -5.48. The third-order valence-electron chi connectivity index (χ3n) is 7.37. The Bertz CT molecular complexity index is 1890. The second-order valence-electron chi connectivity index (χ2n) is 10.9. The molecule has 47 heavy (non-hydrogen) atoms. The van der Waals surface area contributed by atoms with Gasteiger partial charge in [0.2, 0.25) is 5.91 Å². The smallest absolute Gasteiger partial charge is 0.261 e. The van der Waals surface area contributed by atoms with Gasteiger partial charge in [-0.25, -0.2) is 12.8 Å². The number of carbonyl (C=O) groups is 2. The van der Waals surface area contributed by atoms with Gasteiger partial charge in [-0.3, -0.25) is 14.3 Å². The second kappa shape index (κ2) is 15.2. The first kappa shape index (κ1) is 32.9. The van der Waals surface area contributed by atoms with Gasteiger partial charge in [-0.05, 0) is 72.1 Å². The molecule has 2 amide bonds. The summed E-state index contributed by atoms with van der Waals surface area (Å²) in [6.07, 6.45) is 0. The second-order valence-corrected chi connectivity index (χ2v) is 12.6. The lowest BCUT2D eigenvalue weighted by molar-refractivity contribution is -0.143. The van der Waals surface area contributed by atoms with Crippen molar-refractivity contribution >= 4 is 27.5 Å².